The second-order valence-corrected chi connectivity index (χ2v) is 2.77. The van der Waals surface area contributed by atoms with Gasteiger partial charge in [0.2, 0.25) is 0 Å². The van der Waals surface area contributed by atoms with Crippen molar-refractivity contribution in [2.24, 2.45) is 5.84 Å². The van der Waals surface area contributed by atoms with Gasteiger partial charge in [-0.05, 0) is 0 Å². The van der Waals surface area contributed by atoms with Crippen molar-refractivity contribution in [1.29, 1.82) is 0 Å². The molecule has 0 saturated carbocycles. The Kier molecular flexibility index (Phi) is 2.14. The van der Waals surface area contributed by atoms with Crippen LogP contribution in [0.1, 0.15) is 11.6 Å². The number of nitrogens with two attached hydrogens (primary N) is 1. The molecular weight excluding hydrogens is 178 g/mol. The summed E-state index contributed by atoms with van der Waals surface area (Å²) in [5.74, 6) is 7.84. The molecule has 5 nitrogen and oxygen atoms in total. The van der Waals surface area contributed by atoms with Gasteiger partial charge in [-0.15, -0.1) is 6.42 Å². The van der Waals surface area contributed by atoms with Gasteiger partial charge in [-0.1, -0.05) is 5.92 Å². The van der Waals surface area contributed by atoms with Crippen LogP contribution < -0.4 is 11.3 Å². The molecule has 5 heteroatoms. The van der Waals surface area contributed by atoms with E-state index in [1.807, 2.05) is 0 Å². The molecule has 70 valence electrons. The van der Waals surface area contributed by atoms with Crippen LogP contribution in [0, 0.1) is 12.3 Å². The van der Waals surface area contributed by atoms with E-state index >= 15 is 0 Å². The summed E-state index contributed by atoms with van der Waals surface area (Å²) in [7, 11) is 0. The fraction of sp³-hybridized carbons (Fsp3) is 0.111. The highest BCUT2D eigenvalue weighted by Crippen LogP contribution is 2.16. The maximum Gasteiger partial charge on any atom is 0.110 e. The molecule has 3 N–H and O–H groups in total. The predicted molar refractivity (Wildman–Crippen MR) is 51.9 cm³/mol. The van der Waals surface area contributed by atoms with Gasteiger partial charge in [-0.25, -0.2) is 9.94 Å². The van der Waals surface area contributed by atoms with Gasteiger partial charge < -0.3 is 0 Å². The monoisotopic (exact) mass is 187 g/mol. The molecule has 0 aromatic carbocycles. The molecule has 1 unspecified atom stereocenters. The first-order valence-electron chi connectivity index (χ1n) is 4.06. The zero-order valence-electron chi connectivity index (χ0n) is 7.38. The highest BCUT2D eigenvalue weighted by Gasteiger charge is 2.11. The largest absolute Gasteiger partial charge is 0.270 e. The highest BCUT2D eigenvalue weighted by molar-refractivity contribution is 5.54. The summed E-state index contributed by atoms with van der Waals surface area (Å²) in [5.41, 5.74) is 4.23. The lowest BCUT2D eigenvalue weighted by atomic mass is 10.1. The number of hydrazine groups is 1. The van der Waals surface area contributed by atoms with Crippen molar-refractivity contribution in [3.05, 3.63) is 30.4 Å². The fourth-order valence-corrected chi connectivity index (χ4v) is 1.30. The molecule has 2 heterocycles. The number of nitrogens with one attached hydrogen (secondary N) is 1. The van der Waals surface area contributed by atoms with Crippen LogP contribution in [0.2, 0.25) is 0 Å². The first kappa shape index (κ1) is 8.69. The van der Waals surface area contributed by atoms with E-state index in [-0.39, 0.29) is 6.04 Å². The minimum absolute atomic E-state index is 0.336. The number of hydrogen-bond donors (Lipinski definition) is 2. The maximum absolute atomic E-state index is 5.32. The van der Waals surface area contributed by atoms with Crippen LogP contribution in [0.5, 0.6) is 0 Å². The molecule has 0 bridgehead atoms. The Hall–Kier alpha value is -1.90. The van der Waals surface area contributed by atoms with E-state index in [1.165, 1.54) is 0 Å². The van der Waals surface area contributed by atoms with E-state index in [0.29, 0.717) is 0 Å². The van der Waals surface area contributed by atoms with Crippen molar-refractivity contribution < 1.29 is 0 Å². The Bertz CT molecular complexity index is 481. The highest BCUT2D eigenvalue weighted by atomic mass is 15.3. The average molecular weight is 187 g/mol. The third-order valence-electron chi connectivity index (χ3n) is 2.00. The number of rotatable bonds is 2. The van der Waals surface area contributed by atoms with E-state index in [0.717, 1.165) is 11.1 Å². The molecule has 0 fully saturated rings. The normalized spacial score (nSPS) is 12.6. The summed E-state index contributed by atoms with van der Waals surface area (Å²) < 4.78 is 1.70. The van der Waals surface area contributed by atoms with Gasteiger partial charge in [0, 0.05) is 18.0 Å². The van der Waals surface area contributed by atoms with Gasteiger partial charge in [0.15, 0.2) is 0 Å². The zero-order valence-corrected chi connectivity index (χ0v) is 7.38. The Labute approximate surface area is 80.9 Å². The SMILES string of the molecule is C#CC(NN)c1cnn2ccncc12. The minimum atomic E-state index is -0.336. The first-order chi connectivity index (χ1) is 6.86. The lowest BCUT2D eigenvalue weighted by molar-refractivity contribution is 0.677. The fourth-order valence-electron chi connectivity index (χ4n) is 1.30. The molecule has 0 aliphatic rings. The first-order valence-corrected chi connectivity index (χ1v) is 4.06. The smallest absolute Gasteiger partial charge is 0.110 e. The van der Waals surface area contributed by atoms with Gasteiger partial charge in [0.25, 0.3) is 0 Å². The maximum atomic E-state index is 5.32. The average Bonchev–Trinajstić information content (AvgIpc) is 2.65. The Balaban J connectivity index is 2.59. The molecule has 2 rings (SSSR count). The van der Waals surface area contributed by atoms with Crippen LogP contribution in [0.3, 0.4) is 0 Å². The van der Waals surface area contributed by atoms with Crippen molar-refractivity contribution in [3.63, 3.8) is 0 Å². The van der Waals surface area contributed by atoms with Crippen molar-refractivity contribution in [1.82, 2.24) is 20.0 Å². The van der Waals surface area contributed by atoms with Gasteiger partial charge in [-0.3, -0.25) is 10.8 Å². The van der Waals surface area contributed by atoms with Gasteiger partial charge in [0.05, 0.1) is 17.9 Å². The van der Waals surface area contributed by atoms with Gasteiger partial charge in [-0.2, -0.15) is 5.10 Å². The molecule has 0 spiro atoms. The number of hydrogen-bond acceptors (Lipinski definition) is 4. The van der Waals surface area contributed by atoms with E-state index < -0.39 is 0 Å². The lowest BCUT2D eigenvalue weighted by Crippen LogP contribution is -2.26. The van der Waals surface area contributed by atoms with Gasteiger partial charge in [0.1, 0.15) is 6.04 Å². The summed E-state index contributed by atoms with van der Waals surface area (Å²) in [4.78, 5) is 4.00. The summed E-state index contributed by atoms with van der Waals surface area (Å²) in [6.45, 7) is 0. The predicted octanol–water partition coefficient (Wildman–Crippen LogP) is -0.133. The topological polar surface area (TPSA) is 68.2 Å². The second kappa shape index (κ2) is 3.46. The summed E-state index contributed by atoms with van der Waals surface area (Å²) >= 11 is 0. The van der Waals surface area contributed by atoms with Crippen molar-refractivity contribution in [2.45, 2.75) is 6.04 Å². The Morgan fingerprint density at radius 2 is 2.43 bits per heavy atom. The van der Waals surface area contributed by atoms with Crippen molar-refractivity contribution in [2.75, 3.05) is 0 Å². The molecule has 0 aliphatic carbocycles. The van der Waals surface area contributed by atoms with Crippen LogP contribution in [0.4, 0.5) is 0 Å². The molecule has 0 saturated heterocycles. The molecule has 0 radical (unpaired) electrons. The minimum Gasteiger partial charge on any atom is -0.270 e. The molecule has 2 aromatic rings. The molecule has 2 aromatic heterocycles. The van der Waals surface area contributed by atoms with Crippen LogP contribution in [-0.4, -0.2) is 14.6 Å². The number of terminal acetylenes is 1. The molecule has 0 aliphatic heterocycles. The van der Waals surface area contributed by atoms with E-state index in [2.05, 4.69) is 21.4 Å². The standard InChI is InChI=1S/C9H9N5/c1-2-8(13-10)7-5-12-14-4-3-11-6-9(7)14/h1,3-6,8,13H,10H2. The number of aromatic nitrogens is 3. The summed E-state index contributed by atoms with van der Waals surface area (Å²) in [6, 6.07) is -0.336. The van der Waals surface area contributed by atoms with Gasteiger partial charge >= 0.3 is 0 Å². The molecular formula is C9H9N5. The molecule has 0 amide bonds. The summed E-state index contributed by atoms with van der Waals surface area (Å²) in [6.07, 6.45) is 12.1. The molecule has 1 atom stereocenters. The van der Waals surface area contributed by atoms with Crippen LogP contribution in [0.15, 0.2) is 24.8 Å². The second-order valence-electron chi connectivity index (χ2n) is 2.77. The third-order valence-corrected chi connectivity index (χ3v) is 2.00. The number of fused-ring (bicyclic) bond motifs is 1. The van der Waals surface area contributed by atoms with Crippen LogP contribution in [-0.2, 0) is 0 Å². The molecule has 14 heavy (non-hydrogen) atoms. The quantitative estimate of drug-likeness (QED) is 0.390. The Morgan fingerprint density at radius 1 is 1.57 bits per heavy atom. The van der Waals surface area contributed by atoms with E-state index in [1.54, 1.807) is 29.3 Å². The van der Waals surface area contributed by atoms with Crippen LogP contribution in [0.25, 0.3) is 5.52 Å². The van der Waals surface area contributed by atoms with E-state index in [4.69, 9.17) is 12.3 Å². The Morgan fingerprint density at radius 3 is 3.14 bits per heavy atom. The lowest BCUT2D eigenvalue weighted by Gasteiger charge is -2.06. The van der Waals surface area contributed by atoms with Crippen LogP contribution >= 0.6 is 0 Å². The summed E-state index contributed by atoms with van der Waals surface area (Å²) in [5, 5.41) is 4.12. The zero-order chi connectivity index (χ0) is 9.97. The van der Waals surface area contributed by atoms with Crippen molar-refractivity contribution in [3.8, 4) is 12.3 Å². The third kappa shape index (κ3) is 1.23. The van der Waals surface area contributed by atoms with Crippen molar-refractivity contribution >= 4 is 5.52 Å². The van der Waals surface area contributed by atoms with E-state index in [9.17, 15) is 0 Å². The number of nitrogens with zero attached hydrogens (tertiary/aromatic N) is 3.